The molecule has 0 saturated carbocycles. The van der Waals surface area contributed by atoms with E-state index in [1.165, 1.54) is 0 Å². The van der Waals surface area contributed by atoms with E-state index in [0.29, 0.717) is 25.9 Å². The first-order valence-electron chi connectivity index (χ1n) is 9.58. The Hall–Kier alpha value is -2.77. The maximum absolute atomic E-state index is 12.1. The summed E-state index contributed by atoms with van der Waals surface area (Å²) in [4.78, 5) is 20.5. The molecule has 146 valence electrons. The van der Waals surface area contributed by atoms with E-state index in [1.807, 2.05) is 38.3 Å². The van der Waals surface area contributed by atoms with Crippen molar-refractivity contribution in [3.63, 3.8) is 0 Å². The first-order valence-corrected chi connectivity index (χ1v) is 9.58. The molecule has 28 heavy (non-hydrogen) atoms. The van der Waals surface area contributed by atoms with Gasteiger partial charge in [-0.25, -0.2) is 4.99 Å². The van der Waals surface area contributed by atoms with Crippen LogP contribution in [0.4, 0.5) is 0 Å². The van der Waals surface area contributed by atoms with Gasteiger partial charge in [0.05, 0.1) is 0 Å². The van der Waals surface area contributed by atoms with Gasteiger partial charge in [-0.05, 0) is 43.4 Å². The lowest BCUT2D eigenvalue weighted by molar-refractivity contribution is -0.112. The van der Waals surface area contributed by atoms with Gasteiger partial charge >= 0.3 is 0 Å². The molecule has 0 spiro atoms. The van der Waals surface area contributed by atoms with Crippen molar-refractivity contribution in [2.45, 2.75) is 45.1 Å². The van der Waals surface area contributed by atoms with E-state index >= 15 is 0 Å². The third kappa shape index (κ3) is 5.87. The third-order valence-electron chi connectivity index (χ3n) is 4.99. The molecule has 2 unspecified atom stereocenters. The van der Waals surface area contributed by atoms with E-state index in [4.69, 9.17) is 12.2 Å². The molecule has 0 saturated heterocycles. The summed E-state index contributed by atoms with van der Waals surface area (Å²) >= 11 is 0. The monoisotopic (exact) mass is 375 g/mol. The van der Waals surface area contributed by atoms with Gasteiger partial charge in [0.25, 0.3) is 0 Å². The second kappa shape index (κ2) is 10.5. The van der Waals surface area contributed by atoms with Crippen molar-refractivity contribution in [3.8, 4) is 12.3 Å². The molecule has 1 aliphatic rings. The van der Waals surface area contributed by atoms with Gasteiger partial charge < -0.3 is 10.5 Å². The Morgan fingerprint density at radius 2 is 2.29 bits per heavy atom. The van der Waals surface area contributed by atoms with Gasteiger partial charge in [0.15, 0.2) is 0 Å². The predicted octanol–water partition coefficient (Wildman–Crippen LogP) is 3.79. The molecule has 0 radical (unpaired) electrons. The fraction of sp³-hybridized carbons (Fsp3) is 0.375. The first-order chi connectivity index (χ1) is 13.5. The zero-order chi connectivity index (χ0) is 20.4. The summed E-state index contributed by atoms with van der Waals surface area (Å²) < 4.78 is 0. The van der Waals surface area contributed by atoms with Crippen LogP contribution in [-0.4, -0.2) is 25.4 Å². The van der Waals surface area contributed by atoms with Crippen LogP contribution in [0.2, 0.25) is 0 Å². The van der Waals surface area contributed by atoms with Crippen molar-refractivity contribution in [1.82, 2.24) is 0 Å². The summed E-state index contributed by atoms with van der Waals surface area (Å²) in [5.41, 5.74) is 9.65. The van der Waals surface area contributed by atoms with Crippen LogP contribution in [-0.2, 0) is 23.2 Å². The Morgan fingerprint density at radius 1 is 1.46 bits per heavy atom. The predicted molar refractivity (Wildman–Crippen MR) is 118 cm³/mol. The summed E-state index contributed by atoms with van der Waals surface area (Å²) in [7, 11) is 0. The zero-order valence-corrected chi connectivity index (χ0v) is 16.8. The molecule has 0 aromatic heterocycles. The lowest BCUT2D eigenvalue weighted by atomic mass is 9.74. The number of aldehydes is 1. The zero-order valence-electron chi connectivity index (χ0n) is 16.8. The molecule has 0 amide bonds. The van der Waals surface area contributed by atoms with Gasteiger partial charge in [0.1, 0.15) is 12.6 Å². The largest absolute Gasteiger partial charge is 0.326 e. The number of allylic oxidation sites excluding steroid dienone is 4. The summed E-state index contributed by atoms with van der Waals surface area (Å²) in [5, 5.41) is 0. The summed E-state index contributed by atoms with van der Waals surface area (Å²) in [6, 6.07) is 6.22. The number of rotatable bonds is 9. The number of aliphatic imine (C=N–C) groups is 2. The number of carbonyl (C=O) groups excluding carboxylic acids is 1. The Kier molecular flexibility index (Phi) is 8.10. The van der Waals surface area contributed by atoms with E-state index < -0.39 is 5.41 Å². The van der Waals surface area contributed by atoms with Crippen molar-refractivity contribution >= 4 is 18.8 Å². The summed E-state index contributed by atoms with van der Waals surface area (Å²) in [6.07, 6.45) is 18.1. The van der Waals surface area contributed by atoms with Crippen LogP contribution < -0.4 is 5.73 Å². The van der Waals surface area contributed by atoms with Crippen molar-refractivity contribution in [1.29, 1.82) is 0 Å². The fourth-order valence-corrected chi connectivity index (χ4v) is 3.44. The minimum atomic E-state index is -0.624. The molecule has 2 rings (SSSR count). The molecule has 1 aliphatic heterocycles. The molecule has 4 nitrogen and oxygen atoms in total. The Morgan fingerprint density at radius 3 is 2.93 bits per heavy atom. The normalized spacial score (nSPS) is 18.8. The van der Waals surface area contributed by atoms with E-state index in [0.717, 1.165) is 35.0 Å². The molecule has 0 bridgehead atoms. The quantitative estimate of drug-likeness (QED) is 0.405. The van der Waals surface area contributed by atoms with E-state index in [1.54, 1.807) is 6.34 Å². The number of terminal acetylenes is 1. The summed E-state index contributed by atoms with van der Waals surface area (Å²) in [6.45, 7) is 5.06. The SMILES string of the molecule is C#CC/C(C)=C\C=C/Cc1ccc(CN)c(C(C)(C=O)CC2C=NC=NC2)c1. The van der Waals surface area contributed by atoms with Crippen molar-refractivity contribution < 1.29 is 4.79 Å². The molecule has 2 atom stereocenters. The Labute approximate surface area is 168 Å². The van der Waals surface area contributed by atoms with Crippen molar-refractivity contribution in [3.05, 3.63) is 58.7 Å². The van der Waals surface area contributed by atoms with E-state index in [-0.39, 0.29) is 5.92 Å². The standard InChI is InChI=1S/C24H29N3O/c1-4-7-19(2)8-5-6-9-20-10-11-22(14-25)23(12-20)24(3,17-28)13-21-15-26-18-27-16-21/h1,5-6,8,10-12,15,17-18,21H,7,9,13-14,16,25H2,2-3H3/b6-5-,19-8-. The molecule has 4 heteroatoms. The van der Waals surface area contributed by atoms with Gasteiger partial charge in [-0.2, -0.15) is 0 Å². The lowest BCUT2D eigenvalue weighted by Gasteiger charge is -2.29. The van der Waals surface area contributed by atoms with E-state index in [2.05, 4.69) is 34.1 Å². The smallest absolute Gasteiger partial charge is 0.130 e. The number of hydrogen-bond acceptors (Lipinski definition) is 4. The van der Waals surface area contributed by atoms with Gasteiger partial charge in [-0.15, -0.1) is 12.3 Å². The number of nitrogens with zero attached hydrogens (tertiary/aromatic N) is 2. The Bertz CT molecular complexity index is 842. The van der Waals surface area contributed by atoms with Crippen LogP contribution in [0.15, 0.2) is 52.0 Å². The van der Waals surface area contributed by atoms with Gasteiger partial charge in [-0.1, -0.05) is 42.0 Å². The average Bonchev–Trinajstić information content (AvgIpc) is 2.72. The molecule has 1 aromatic carbocycles. The third-order valence-corrected chi connectivity index (χ3v) is 4.99. The van der Waals surface area contributed by atoms with E-state index in [9.17, 15) is 4.79 Å². The van der Waals surface area contributed by atoms with Crippen LogP contribution in [0, 0.1) is 18.3 Å². The molecule has 0 aliphatic carbocycles. The minimum Gasteiger partial charge on any atom is -0.326 e. The molecular formula is C24H29N3O. The van der Waals surface area contributed by atoms with Crippen LogP contribution in [0.3, 0.4) is 0 Å². The van der Waals surface area contributed by atoms with Crippen LogP contribution in [0.25, 0.3) is 0 Å². The van der Waals surface area contributed by atoms with Crippen molar-refractivity contribution in [2.24, 2.45) is 21.6 Å². The summed E-state index contributed by atoms with van der Waals surface area (Å²) in [5.74, 6) is 2.79. The molecule has 1 heterocycles. The fourth-order valence-electron chi connectivity index (χ4n) is 3.44. The number of hydrogen-bond donors (Lipinski definition) is 1. The second-order valence-electron chi connectivity index (χ2n) is 7.50. The lowest BCUT2D eigenvalue weighted by Crippen LogP contribution is -2.31. The van der Waals surface area contributed by atoms with Crippen LogP contribution in [0.5, 0.6) is 0 Å². The highest BCUT2D eigenvalue weighted by Crippen LogP contribution is 2.32. The minimum absolute atomic E-state index is 0.152. The van der Waals surface area contributed by atoms with Crippen LogP contribution in [0.1, 0.15) is 43.4 Å². The Balaban J connectivity index is 2.22. The first kappa shape index (κ1) is 21.5. The molecule has 1 aromatic rings. The molecule has 0 fully saturated rings. The van der Waals surface area contributed by atoms with Gasteiger partial charge in [0.2, 0.25) is 0 Å². The van der Waals surface area contributed by atoms with Crippen molar-refractivity contribution in [2.75, 3.05) is 6.54 Å². The molecular weight excluding hydrogens is 346 g/mol. The average molecular weight is 376 g/mol. The van der Waals surface area contributed by atoms with Gasteiger partial charge in [0, 0.05) is 37.1 Å². The maximum Gasteiger partial charge on any atom is 0.130 e. The number of benzene rings is 1. The number of carbonyl (C=O) groups is 1. The number of nitrogens with two attached hydrogens (primary N) is 1. The topological polar surface area (TPSA) is 67.8 Å². The second-order valence-corrected chi connectivity index (χ2v) is 7.50. The maximum atomic E-state index is 12.1. The van der Waals surface area contributed by atoms with Crippen LogP contribution >= 0.6 is 0 Å². The van der Waals surface area contributed by atoms with Gasteiger partial charge in [-0.3, -0.25) is 4.99 Å². The highest BCUT2D eigenvalue weighted by atomic mass is 16.1. The highest BCUT2D eigenvalue weighted by molar-refractivity contribution is 5.78. The highest BCUT2D eigenvalue weighted by Gasteiger charge is 2.31. The molecule has 2 N–H and O–H groups in total.